The third-order valence-corrected chi connectivity index (χ3v) is 6.26. The number of aromatic amines is 1. The van der Waals surface area contributed by atoms with Gasteiger partial charge in [-0.05, 0) is 61.7 Å². The van der Waals surface area contributed by atoms with Gasteiger partial charge in [0.2, 0.25) is 0 Å². The highest BCUT2D eigenvalue weighted by molar-refractivity contribution is 6.34. The van der Waals surface area contributed by atoms with Crippen molar-refractivity contribution in [3.05, 3.63) is 70.9 Å². The number of halogens is 1. The predicted octanol–water partition coefficient (Wildman–Crippen LogP) is 5.33. The Hall–Kier alpha value is -2.56. The zero-order chi connectivity index (χ0) is 19.1. The van der Waals surface area contributed by atoms with Gasteiger partial charge in [-0.15, -0.1) is 0 Å². The van der Waals surface area contributed by atoms with Crippen LogP contribution in [0.25, 0.3) is 16.5 Å². The fraction of sp³-hybridized carbons (Fsp3) is 0.261. The maximum atomic E-state index is 12.6. The van der Waals surface area contributed by atoms with Crippen LogP contribution in [0.15, 0.2) is 54.7 Å². The minimum Gasteiger partial charge on any atom is -0.361 e. The lowest BCUT2D eigenvalue weighted by molar-refractivity contribution is 0.102. The summed E-state index contributed by atoms with van der Waals surface area (Å²) in [4.78, 5) is 18.6. The average molecular weight is 392 g/mol. The second-order valence-electron chi connectivity index (χ2n) is 7.62. The molecule has 2 N–H and O–H groups in total. The summed E-state index contributed by atoms with van der Waals surface area (Å²) in [5.41, 5.74) is 4.99. The highest BCUT2D eigenvalue weighted by Gasteiger charge is 2.28. The van der Waals surface area contributed by atoms with Crippen molar-refractivity contribution in [3.8, 4) is 0 Å². The van der Waals surface area contributed by atoms with Gasteiger partial charge in [0.1, 0.15) is 0 Å². The molecule has 0 saturated carbocycles. The number of carbonyl (C=O) groups excluding carboxylic acids is 1. The highest BCUT2D eigenvalue weighted by atomic mass is 35.5. The van der Waals surface area contributed by atoms with E-state index in [2.05, 4.69) is 33.5 Å². The largest absolute Gasteiger partial charge is 0.361 e. The number of aromatic nitrogens is 1. The first-order chi connectivity index (χ1) is 13.7. The number of rotatable bonds is 3. The van der Waals surface area contributed by atoms with Crippen LogP contribution in [0, 0.1) is 0 Å². The lowest BCUT2D eigenvalue weighted by atomic mass is 9.94. The van der Waals surface area contributed by atoms with Crippen LogP contribution in [0.5, 0.6) is 0 Å². The Morgan fingerprint density at radius 3 is 3.00 bits per heavy atom. The van der Waals surface area contributed by atoms with Gasteiger partial charge in [0, 0.05) is 40.9 Å². The summed E-state index contributed by atoms with van der Waals surface area (Å²) in [6.45, 7) is 2.26. The van der Waals surface area contributed by atoms with Crippen LogP contribution in [-0.4, -0.2) is 34.9 Å². The van der Waals surface area contributed by atoms with Gasteiger partial charge in [0.25, 0.3) is 5.91 Å². The van der Waals surface area contributed by atoms with Gasteiger partial charge in [-0.25, -0.2) is 0 Å². The second-order valence-corrected chi connectivity index (χ2v) is 8.03. The number of carbonyl (C=O) groups is 1. The highest BCUT2D eigenvalue weighted by Crippen LogP contribution is 2.36. The molecule has 1 fully saturated rings. The van der Waals surface area contributed by atoms with E-state index in [9.17, 15) is 4.79 Å². The summed E-state index contributed by atoms with van der Waals surface area (Å²) in [6.07, 6.45) is 8.15. The zero-order valence-corrected chi connectivity index (χ0v) is 16.3. The van der Waals surface area contributed by atoms with Crippen molar-refractivity contribution < 1.29 is 4.79 Å². The molecule has 0 bridgehead atoms. The van der Waals surface area contributed by atoms with E-state index in [1.165, 1.54) is 30.5 Å². The van der Waals surface area contributed by atoms with E-state index in [-0.39, 0.29) is 5.91 Å². The number of amides is 1. The molecule has 3 aromatic rings. The second kappa shape index (κ2) is 7.12. The molecule has 142 valence electrons. The maximum absolute atomic E-state index is 12.6. The zero-order valence-electron chi connectivity index (χ0n) is 15.5. The molecule has 1 saturated heterocycles. The Morgan fingerprint density at radius 2 is 2.11 bits per heavy atom. The Labute approximate surface area is 169 Å². The van der Waals surface area contributed by atoms with Crippen molar-refractivity contribution in [1.29, 1.82) is 0 Å². The molecule has 5 heteroatoms. The van der Waals surface area contributed by atoms with Crippen LogP contribution in [0.1, 0.15) is 35.2 Å². The van der Waals surface area contributed by atoms with Gasteiger partial charge >= 0.3 is 0 Å². The first-order valence-corrected chi connectivity index (χ1v) is 10.2. The number of H-pyrrole nitrogens is 1. The van der Waals surface area contributed by atoms with Gasteiger partial charge in [-0.1, -0.05) is 29.8 Å². The molecule has 1 atom stereocenters. The molecule has 4 nitrogen and oxygen atoms in total. The molecule has 2 aliphatic heterocycles. The van der Waals surface area contributed by atoms with Crippen molar-refractivity contribution in [2.24, 2.45) is 0 Å². The molecule has 3 heterocycles. The van der Waals surface area contributed by atoms with Crippen LogP contribution < -0.4 is 5.32 Å². The summed E-state index contributed by atoms with van der Waals surface area (Å²) >= 11 is 6.16. The van der Waals surface area contributed by atoms with Crippen molar-refractivity contribution in [2.45, 2.75) is 25.3 Å². The molecular formula is C23H22ClN3O. The van der Waals surface area contributed by atoms with E-state index in [4.69, 9.17) is 11.6 Å². The maximum Gasteiger partial charge on any atom is 0.257 e. The Balaban J connectivity index is 1.44. The Bertz CT molecular complexity index is 1080. The number of fused-ring (bicyclic) bond motifs is 2. The molecular weight excluding hydrogens is 370 g/mol. The third kappa shape index (κ3) is 3.13. The molecule has 28 heavy (non-hydrogen) atoms. The van der Waals surface area contributed by atoms with Crippen LogP contribution >= 0.6 is 11.6 Å². The van der Waals surface area contributed by atoms with E-state index in [0.29, 0.717) is 16.6 Å². The van der Waals surface area contributed by atoms with Gasteiger partial charge in [-0.2, -0.15) is 0 Å². The molecule has 0 aliphatic carbocycles. The number of hydrogen-bond donors (Lipinski definition) is 2. The molecule has 0 radical (unpaired) electrons. The van der Waals surface area contributed by atoms with Crippen molar-refractivity contribution in [1.82, 2.24) is 9.88 Å². The monoisotopic (exact) mass is 391 g/mol. The first kappa shape index (κ1) is 17.5. The van der Waals surface area contributed by atoms with Gasteiger partial charge in [0.05, 0.1) is 10.6 Å². The topological polar surface area (TPSA) is 48.1 Å². The minimum atomic E-state index is -0.194. The summed E-state index contributed by atoms with van der Waals surface area (Å²) in [6, 6.07) is 13.8. The lowest BCUT2D eigenvalue weighted by Gasteiger charge is -2.29. The predicted molar refractivity (Wildman–Crippen MR) is 115 cm³/mol. The number of benzene rings is 2. The Morgan fingerprint density at radius 1 is 1.21 bits per heavy atom. The number of nitrogens with one attached hydrogen (secondary N) is 2. The van der Waals surface area contributed by atoms with E-state index < -0.39 is 0 Å². The van der Waals surface area contributed by atoms with Crippen molar-refractivity contribution in [3.63, 3.8) is 0 Å². The number of hydrogen-bond acceptors (Lipinski definition) is 2. The SMILES string of the molecule is O=C(Nc1ccc2[nH]cc(C3=CCN4CCCC4C3)c2c1)c1ccccc1Cl. The number of anilines is 1. The summed E-state index contributed by atoms with van der Waals surface area (Å²) in [7, 11) is 0. The normalized spacial score (nSPS) is 19.5. The number of nitrogens with zero attached hydrogens (tertiary/aromatic N) is 1. The van der Waals surface area contributed by atoms with E-state index in [0.717, 1.165) is 29.6 Å². The third-order valence-electron chi connectivity index (χ3n) is 5.93. The van der Waals surface area contributed by atoms with E-state index in [1.807, 2.05) is 24.3 Å². The van der Waals surface area contributed by atoms with Gasteiger partial charge in [0.15, 0.2) is 0 Å². The Kier molecular flexibility index (Phi) is 4.46. The lowest BCUT2D eigenvalue weighted by Crippen LogP contribution is -2.32. The summed E-state index contributed by atoms with van der Waals surface area (Å²) in [5.74, 6) is -0.194. The molecule has 1 amide bonds. The van der Waals surface area contributed by atoms with Crippen molar-refractivity contribution >= 4 is 39.7 Å². The first-order valence-electron chi connectivity index (χ1n) is 9.79. The molecule has 1 unspecified atom stereocenters. The van der Waals surface area contributed by atoms with Gasteiger partial charge < -0.3 is 10.3 Å². The van der Waals surface area contributed by atoms with Crippen LogP contribution in [0.3, 0.4) is 0 Å². The summed E-state index contributed by atoms with van der Waals surface area (Å²) < 4.78 is 0. The van der Waals surface area contributed by atoms with E-state index in [1.54, 1.807) is 12.1 Å². The fourth-order valence-corrected chi connectivity index (χ4v) is 4.68. The van der Waals surface area contributed by atoms with Crippen molar-refractivity contribution in [2.75, 3.05) is 18.4 Å². The molecule has 2 aliphatic rings. The van der Waals surface area contributed by atoms with Gasteiger partial charge in [-0.3, -0.25) is 9.69 Å². The smallest absolute Gasteiger partial charge is 0.257 e. The van der Waals surface area contributed by atoms with E-state index >= 15 is 0 Å². The molecule has 2 aromatic carbocycles. The quantitative estimate of drug-likeness (QED) is 0.634. The summed E-state index contributed by atoms with van der Waals surface area (Å²) in [5, 5.41) is 4.59. The minimum absolute atomic E-state index is 0.194. The average Bonchev–Trinajstić information content (AvgIpc) is 3.34. The van der Waals surface area contributed by atoms with Crippen LogP contribution in [-0.2, 0) is 0 Å². The molecule has 0 spiro atoms. The standard InChI is InChI=1S/C23H22ClN3O/c24-21-6-2-1-5-18(21)23(28)26-16-7-8-22-19(13-16)20(14-25-22)15-9-11-27-10-3-4-17(27)12-15/h1-2,5-9,13-14,17,25H,3-4,10-12H2,(H,26,28). The van der Waals surface area contributed by atoms with Crippen LogP contribution in [0.4, 0.5) is 5.69 Å². The molecule has 5 rings (SSSR count). The van der Waals surface area contributed by atoms with Crippen LogP contribution in [0.2, 0.25) is 5.02 Å². The fourth-order valence-electron chi connectivity index (χ4n) is 4.46. The molecule has 1 aromatic heterocycles.